The van der Waals surface area contributed by atoms with Crippen molar-refractivity contribution in [3.63, 3.8) is 0 Å². The highest BCUT2D eigenvalue weighted by Crippen LogP contribution is 2.23. The lowest BCUT2D eigenvalue weighted by molar-refractivity contribution is 0.102. The van der Waals surface area contributed by atoms with Crippen LogP contribution in [-0.4, -0.2) is 26.5 Å². The second kappa shape index (κ2) is 7.17. The van der Waals surface area contributed by atoms with Gasteiger partial charge >= 0.3 is 0 Å². The van der Waals surface area contributed by atoms with Crippen LogP contribution in [0.25, 0.3) is 5.82 Å². The predicted molar refractivity (Wildman–Crippen MR) is 96.3 cm³/mol. The molecule has 0 aliphatic carbocycles. The van der Waals surface area contributed by atoms with Crippen LogP contribution in [0.2, 0.25) is 0 Å². The summed E-state index contributed by atoms with van der Waals surface area (Å²) in [4.78, 5) is 20.8. The molecule has 0 bridgehead atoms. The second-order valence-corrected chi connectivity index (χ2v) is 5.97. The topological polar surface area (TPSA) is 69.0 Å². The fourth-order valence-corrected chi connectivity index (χ4v) is 2.41. The molecule has 1 N–H and O–H groups in total. The Morgan fingerprint density at radius 3 is 2.72 bits per heavy atom. The van der Waals surface area contributed by atoms with E-state index in [0.717, 1.165) is 17.0 Å². The summed E-state index contributed by atoms with van der Waals surface area (Å²) in [7, 11) is 0. The summed E-state index contributed by atoms with van der Waals surface area (Å²) in [5.74, 6) is 1.24. The van der Waals surface area contributed by atoms with Crippen LogP contribution < -0.4 is 10.1 Å². The number of ether oxygens (including phenoxy) is 1. The van der Waals surface area contributed by atoms with Gasteiger partial charge in [-0.1, -0.05) is 0 Å². The predicted octanol–water partition coefficient (Wildman–Crippen LogP) is 3.62. The first kappa shape index (κ1) is 16.7. The van der Waals surface area contributed by atoms with Gasteiger partial charge in [-0.15, -0.1) is 0 Å². The van der Waals surface area contributed by atoms with Crippen LogP contribution in [0.5, 0.6) is 5.75 Å². The lowest BCUT2D eigenvalue weighted by atomic mass is 10.1. The lowest BCUT2D eigenvalue weighted by Gasteiger charge is -2.13. The summed E-state index contributed by atoms with van der Waals surface area (Å²) in [6, 6.07) is 9.03. The molecule has 6 nitrogen and oxygen atoms in total. The van der Waals surface area contributed by atoms with Gasteiger partial charge in [0.05, 0.1) is 6.10 Å². The number of anilines is 1. The average molecular weight is 336 g/mol. The molecule has 128 valence electrons. The van der Waals surface area contributed by atoms with Crippen LogP contribution in [0.3, 0.4) is 0 Å². The number of carbonyl (C=O) groups excluding carboxylic acids is 1. The van der Waals surface area contributed by atoms with E-state index in [9.17, 15) is 4.79 Å². The van der Waals surface area contributed by atoms with Gasteiger partial charge in [-0.2, -0.15) is 0 Å². The van der Waals surface area contributed by atoms with Crippen molar-refractivity contribution < 1.29 is 9.53 Å². The third-order valence-corrected chi connectivity index (χ3v) is 3.59. The Bertz CT molecular complexity index is 873. The third kappa shape index (κ3) is 4.03. The molecular weight excluding hydrogens is 316 g/mol. The zero-order valence-electron chi connectivity index (χ0n) is 14.4. The van der Waals surface area contributed by atoms with Gasteiger partial charge in [0, 0.05) is 29.8 Å². The van der Waals surface area contributed by atoms with Gasteiger partial charge in [-0.25, -0.2) is 9.97 Å². The van der Waals surface area contributed by atoms with Crippen LogP contribution >= 0.6 is 0 Å². The van der Waals surface area contributed by atoms with E-state index >= 15 is 0 Å². The summed E-state index contributed by atoms with van der Waals surface area (Å²) in [5.41, 5.74) is 2.22. The molecule has 0 radical (unpaired) electrons. The molecule has 2 heterocycles. The van der Waals surface area contributed by atoms with Gasteiger partial charge < -0.3 is 10.1 Å². The molecular formula is C19H20N4O2. The average Bonchev–Trinajstić information content (AvgIpc) is 3.11. The van der Waals surface area contributed by atoms with Crippen LogP contribution in [-0.2, 0) is 0 Å². The zero-order valence-corrected chi connectivity index (χ0v) is 14.4. The van der Waals surface area contributed by atoms with Crippen LogP contribution in [0.4, 0.5) is 5.69 Å². The van der Waals surface area contributed by atoms with Crippen molar-refractivity contribution in [2.75, 3.05) is 5.32 Å². The van der Waals surface area contributed by atoms with E-state index in [1.807, 2.05) is 39.0 Å². The van der Waals surface area contributed by atoms with Gasteiger partial charge in [-0.3, -0.25) is 9.36 Å². The van der Waals surface area contributed by atoms with Crippen LogP contribution in [0.15, 0.2) is 55.2 Å². The molecule has 0 aliphatic rings. The van der Waals surface area contributed by atoms with Gasteiger partial charge in [0.25, 0.3) is 5.91 Å². The van der Waals surface area contributed by atoms with Crippen LogP contribution in [0, 0.1) is 6.92 Å². The van der Waals surface area contributed by atoms with E-state index in [1.54, 1.807) is 41.6 Å². The highest BCUT2D eigenvalue weighted by atomic mass is 16.5. The molecule has 3 aromatic rings. The van der Waals surface area contributed by atoms with Gasteiger partial charge in [-0.05, 0) is 56.7 Å². The largest absolute Gasteiger partial charge is 0.491 e. The summed E-state index contributed by atoms with van der Waals surface area (Å²) >= 11 is 0. The fraction of sp³-hybridized carbons (Fsp3) is 0.211. The van der Waals surface area contributed by atoms with Crippen molar-refractivity contribution >= 4 is 11.6 Å². The summed E-state index contributed by atoms with van der Waals surface area (Å²) in [5, 5.41) is 2.93. The molecule has 2 aromatic heterocycles. The molecule has 6 heteroatoms. The Morgan fingerprint density at radius 2 is 2.04 bits per heavy atom. The minimum Gasteiger partial charge on any atom is -0.491 e. The number of nitrogens with zero attached hydrogens (tertiary/aromatic N) is 3. The maximum atomic E-state index is 12.6. The Hall–Kier alpha value is -3.15. The number of rotatable bonds is 5. The highest BCUT2D eigenvalue weighted by Gasteiger charge is 2.10. The SMILES string of the molecule is Cc1cc(OC(C)C)ccc1NC(=O)c1ccnc(-n2ccnc2)c1. The minimum absolute atomic E-state index is 0.109. The normalized spacial score (nSPS) is 10.7. The van der Waals surface area contributed by atoms with E-state index in [-0.39, 0.29) is 12.0 Å². The van der Waals surface area contributed by atoms with E-state index in [1.165, 1.54) is 0 Å². The third-order valence-electron chi connectivity index (χ3n) is 3.59. The number of amides is 1. The van der Waals surface area contributed by atoms with Crippen molar-refractivity contribution in [3.05, 3.63) is 66.4 Å². The molecule has 0 saturated heterocycles. The maximum absolute atomic E-state index is 12.6. The van der Waals surface area contributed by atoms with E-state index < -0.39 is 0 Å². The Morgan fingerprint density at radius 1 is 1.20 bits per heavy atom. The molecule has 3 rings (SSSR count). The number of imidazole rings is 1. The Balaban J connectivity index is 1.77. The molecule has 1 amide bonds. The number of benzene rings is 1. The molecule has 0 atom stereocenters. The summed E-state index contributed by atoms with van der Waals surface area (Å²) in [6.07, 6.45) is 6.80. The Kier molecular flexibility index (Phi) is 4.79. The molecule has 0 saturated carbocycles. The van der Waals surface area contributed by atoms with Crippen molar-refractivity contribution in [2.24, 2.45) is 0 Å². The van der Waals surface area contributed by atoms with E-state index in [0.29, 0.717) is 11.4 Å². The highest BCUT2D eigenvalue weighted by molar-refractivity contribution is 6.04. The van der Waals surface area contributed by atoms with Crippen molar-refractivity contribution in [2.45, 2.75) is 26.9 Å². The number of hydrogen-bond donors (Lipinski definition) is 1. The zero-order chi connectivity index (χ0) is 17.8. The molecule has 0 unspecified atom stereocenters. The molecule has 0 aliphatic heterocycles. The minimum atomic E-state index is -0.190. The Labute approximate surface area is 146 Å². The lowest BCUT2D eigenvalue weighted by Crippen LogP contribution is -2.14. The number of hydrogen-bond acceptors (Lipinski definition) is 4. The van der Waals surface area contributed by atoms with Crippen molar-refractivity contribution in [1.82, 2.24) is 14.5 Å². The number of nitrogens with one attached hydrogen (secondary N) is 1. The summed E-state index contributed by atoms with van der Waals surface area (Å²) in [6.45, 7) is 5.89. The van der Waals surface area contributed by atoms with Gasteiger partial charge in [0.2, 0.25) is 0 Å². The standard InChI is InChI=1S/C19H20N4O2/c1-13(2)25-16-4-5-17(14(3)10-16)22-19(24)15-6-7-21-18(11-15)23-9-8-20-12-23/h4-13H,1-3H3,(H,22,24). The van der Waals surface area contributed by atoms with Crippen LogP contribution in [0.1, 0.15) is 29.8 Å². The summed E-state index contributed by atoms with van der Waals surface area (Å²) < 4.78 is 7.42. The molecule has 25 heavy (non-hydrogen) atoms. The first-order chi connectivity index (χ1) is 12.0. The smallest absolute Gasteiger partial charge is 0.255 e. The fourth-order valence-electron chi connectivity index (χ4n) is 2.41. The van der Waals surface area contributed by atoms with E-state index in [4.69, 9.17) is 4.74 Å². The van der Waals surface area contributed by atoms with Gasteiger partial charge in [0.1, 0.15) is 17.9 Å². The molecule has 1 aromatic carbocycles. The van der Waals surface area contributed by atoms with Crippen molar-refractivity contribution in [1.29, 1.82) is 0 Å². The maximum Gasteiger partial charge on any atom is 0.255 e. The number of aryl methyl sites for hydroxylation is 1. The number of aromatic nitrogens is 3. The first-order valence-electron chi connectivity index (χ1n) is 8.06. The number of pyridine rings is 1. The molecule has 0 spiro atoms. The molecule has 0 fully saturated rings. The monoisotopic (exact) mass is 336 g/mol. The number of carbonyl (C=O) groups is 1. The van der Waals surface area contributed by atoms with E-state index in [2.05, 4.69) is 15.3 Å². The second-order valence-electron chi connectivity index (χ2n) is 5.97. The van der Waals surface area contributed by atoms with Gasteiger partial charge in [0.15, 0.2) is 0 Å². The van der Waals surface area contributed by atoms with Crippen molar-refractivity contribution in [3.8, 4) is 11.6 Å². The quantitative estimate of drug-likeness (QED) is 0.773. The first-order valence-corrected chi connectivity index (χ1v) is 8.06.